The molecule has 0 unspecified atom stereocenters. The van der Waals surface area contributed by atoms with Crippen molar-refractivity contribution in [1.29, 1.82) is 0 Å². The molecule has 0 aromatic heterocycles. The summed E-state index contributed by atoms with van der Waals surface area (Å²) in [6.07, 6.45) is 2.63. The van der Waals surface area contributed by atoms with Gasteiger partial charge in [0.2, 0.25) is 0 Å². The van der Waals surface area contributed by atoms with Crippen LogP contribution >= 0.6 is 0 Å². The van der Waals surface area contributed by atoms with E-state index in [1.165, 1.54) is 24.9 Å². The van der Waals surface area contributed by atoms with Gasteiger partial charge in [0.15, 0.2) is 0 Å². The Bertz CT molecular complexity index is 291. The molecule has 0 saturated carbocycles. The molecular formula is C14H21N. The molecule has 1 aliphatic rings. The van der Waals surface area contributed by atoms with Crippen LogP contribution in [0.5, 0.6) is 0 Å². The summed E-state index contributed by atoms with van der Waals surface area (Å²) in [4.78, 5) is 0. The van der Waals surface area contributed by atoms with Gasteiger partial charge in [-0.25, -0.2) is 0 Å². The lowest BCUT2D eigenvalue weighted by Gasteiger charge is -2.33. The monoisotopic (exact) mass is 203 g/mol. The first-order valence-electron chi connectivity index (χ1n) is 6.05. The molecule has 1 aromatic carbocycles. The molecule has 0 bridgehead atoms. The zero-order chi connectivity index (χ0) is 10.7. The van der Waals surface area contributed by atoms with Gasteiger partial charge in [0, 0.05) is 6.04 Å². The smallest absolute Gasteiger partial charge is 0.0322 e. The van der Waals surface area contributed by atoms with Crippen LogP contribution in [-0.4, -0.2) is 6.54 Å². The van der Waals surface area contributed by atoms with Crippen LogP contribution in [0.3, 0.4) is 0 Å². The van der Waals surface area contributed by atoms with Crippen LogP contribution in [0.1, 0.15) is 38.3 Å². The molecule has 1 aromatic rings. The SMILES string of the molecule is CC(C)[C@@H]1CCN[C@H](c2ccccc2)C1. The van der Waals surface area contributed by atoms with Crippen LogP contribution in [-0.2, 0) is 0 Å². The van der Waals surface area contributed by atoms with E-state index in [1.54, 1.807) is 0 Å². The van der Waals surface area contributed by atoms with Gasteiger partial charge in [-0.2, -0.15) is 0 Å². The zero-order valence-corrected chi connectivity index (χ0v) is 9.74. The second-order valence-electron chi connectivity index (χ2n) is 4.95. The van der Waals surface area contributed by atoms with Crippen molar-refractivity contribution >= 4 is 0 Å². The fraction of sp³-hybridized carbons (Fsp3) is 0.571. The van der Waals surface area contributed by atoms with Crippen molar-refractivity contribution in [2.75, 3.05) is 6.54 Å². The van der Waals surface area contributed by atoms with Crippen molar-refractivity contribution < 1.29 is 0 Å². The van der Waals surface area contributed by atoms with Crippen molar-refractivity contribution in [2.45, 2.75) is 32.7 Å². The molecule has 1 saturated heterocycles. The number of piperidine rings is 1. The van der Waals surface area contributed by atoms with Crippen molar-refractivity contribution in [1.82, 2.24) is 5.32 Å². The van der Waals surface area contributed by atoms with E-state index in [1.807, 2.05) is 0 Å². The Hall–Kier alpha value is -0.820. The van der Waals surface area contributed by atoms with E-state index in [0.717, 1.165) is 11.8 Å². The molecule has 1 N–H and O–H groups in total. The maximum absolute atomic E-state index is 3.62. The maximum atomic E-state index is 3.62. The predicted octanol–water partition coefficient (Wildman–Crippen LogP) is 3.38. The summed E-state index contributed by atoms with van der Waals surface area (Å²) >= 11 is 0. The van der Waals surface area contributed by atoms with Gasteiger partial charge in [0.1, 0.15) is 0 Å². The number of hydrogen-bond donors (Lipinski definition) is 1. The first-order chi connectivity index (χ1) is 7.27. The Morgan fingerprint density at radius 2 is 1.93 bits per heavy atom. The summed E-state index contributed by atoms with van der Waals surface area (Å²) in [5, 5.41) is 3.62. The fourth-order valence-electron chi connectivity index (χ4n) is 2.49. The van der Waals surface area contributed by atoms with E-state index < -0.39 is 0 Å². The normalized spacial score (nSPS) is 26.9. The highest BCUT2D eigenvalue weighted by molar-refractivity contribution is 5.19. The number of nitrogens with one attached hydrogen (secondary N) is 1. The molecule has 0 spiro atoms. The first-order valence-corrected chi connectivity index (χ1v) is 6.05. The van der Waals surface area contributed by atoms with Gasteiger partial charge < -0.3 is 5.32 Å². The highest BCUT2D eigenvalue weighted by atomic mass is 14.9. The molecule has 0 amide bonds. The molecule has 0 aliphatic carbocycles. The highest BCUT2D eigenvalue weighted by Crippen LogP contribution is 2.31. The van der Waals surface area contributed by atoms with Crippen LogP contribution in [0.15, 0.2) is 30.3 Å². The second kappa shape index (κ2) is 4.80. The summed E-state index contributed by atoms with van der Waals surface area (Å²) in [7, 11) is 0. The van der Waals surface area contributed by atoms with Crippen LogP contribution < -0.4 is 5.32 Å². The predicted molar refractivity (Wildman–Crippen MR) is 64.7 cm³/mol. The number of benzene rings is 1. The van der Waals surface area contributed by atoms with Gasteiger partial charge in [-0.05, 0) is 36.8 Å². The Labute approximate surface area is 92.9 Å². The molecule has 82 valence electrons. The quantitative estimate of drug-likeness (QED) is 0.777. The molecule has 1 heterocycles. The third-order valence-electron chi connectivity index (χ3n) is 3.59. The summed E-state index contributed by atoms with van der Waals surface area (Å²) in [6, 6.07) is 11.4. The van der Waals surface area contributed by atoms with Crippen molar-refractivity contribution in [2.24, 2.45) is 11.8 Å². The van der Waals surface area contributed by atoms with Gasteiger partial charge in [0.05, 0.1) is 0 Å². The lowest BCUT2D eigenvalue weighted by Crippen LogP contribution is -2.33. The molecule has 2 rings (SSSR count). The summed E-state index contributed by atoms with van der Waals surface area (Å²) in [6.45, 7) is 5.86. The average molecular weight is 203 g/mol. The summed E-state index contributed by atoms with van der Waals surface area (Å²) in [5.41, 5.74) is 1.45. The van der Waals surface area contributed by atoms with Gasteiger partial charge in [0.25, 0.3) is 0 Å². The third kappa shape index (κ3) is 2.60. The topological polar surface area (TPSA) is 12.0 Å². The maximum Gasteiger partial charge on any atom is 0.0322 e. The van der Waals surface area contributed by atoms with Crippen molar-refractivity contribution in [3.63, 3.8) is 0 Å². The Kier molecular flexibility index (Phi) is 3.42. The number of hydrogen-bond acceptors (Lipinski definition) is 1. The van der Waals surface area contributed by atoms with Crippen molar-refractivity contribution in [3.05, 3.63) is 35.9 Å². The summed E-state index contributed by atoms with van der Waals surface area (Å²) in [5.74, 6) is 1.70. The van der Waals surface area contributed by atoms with Gasteiger partial charge in [-0.3, -0.25) is 0 Å². The van der Waals surface area contributed by atoms with Crippen molar-refractivity contribution in [3.8, 4) is 0 Å². The van der Waals surface area contributed by atoms with E-state index >= 15 is 0 Å². The average Bonchev–Trinajstić information content (AvgIpc) is 2.30. The highest BCUT2D eigenvalue weighted by Gasteiger charge is 2.24. The molecule has 1 aliphatic heterocycles. The standard InChI is InChI=1S/C14H21N/c1-11(2)13-8-9-15-14(10-13)12-6-4-3-5-7-12/h3-7,11,13-15H,8-10H2,1-2H3/t13-,14+/m1/s1. The zero-order valence-electron chi connectivity index (χ0n) is 9.74. The van der Waals surface area contributed by atoms with Gasteiger partial charge in [-0.15, -0.1) is 0 Å². The third-order valence-corrected chi connectivity index (χ3v) is 3.59. The molecule has 1 fully saturated rings. The van der Waals surface area contributed by atoms with Crippen LogP contribution in [0, 0.1) is 11.8 Å². The lowest BCUT2D eigenvalue weighted by atomic mass is 9.82. The molecule has 0 radical (unpaired) electrons. The van der Waals surface area contributed by atoms with E-state index in [0.29, 0.717) is 6.04 Å². The molecule has 2 atom stereocenters. The summed E-state index contributed by atoms with van der Waals surface area (Å²) < 4.78 is 0. The minimum absolute atomic E-state index is 0.576. The second-order valence-corrected chi connectivity index (χ2v) is 4.95. The number of rotatable bonds is 2. The van der Waals surface area contributed by atoms with E-state index in [9.17, 15) is 0 Å². The largest absolute Gasteiger partial charge is 0.310 e. The molecule has 15 heavy (non-hydrogen) atoms. The van der Waals surface area contributed by atoms with E-state index in [4.69, 9.17) is 0 Å². The minimum Gasteiger partial charge on any atom is -0.310 e. The van der Waals surface area contributed by atoms with Gasteiger partial charge in [-0.1, -0.05) is 44.2 Å². The molecule has 1 nitrogen and oxygen atoms in total. The van der Waals surface area contributed by atoms with Gasteiger partial charge >= 0.3 is 0 Å². The minimum atomic E-state index is 0.576. The molecular weight excluding hydrogens is 182 g/mol. The van der Waals surface area contributed by atoms with E-state index in [2.05, 4.69) is 49.5 Å². The Morgan fingerprint density at radius 1 is 1.20 bits per heavy atom. The Balaban J connectivity index is 2.05. The fourth-order valence-corrected chi connectivity index (χ4v) is 2.49. The van der Waals surface area contributed by atoms with Crippen LogP contribution in [0.2, 0.25) is 0 Å². The van der Waals surface area contributed by atoms with Crippen LogP contribution in [0.4, 0.5) is 0 Å². The molecule has 1 heteroatoms. The van der Waals surface area contributed by atoms with Crippen LogP contribution in [0.25, 0.3) is 0 Å². The Morgan fingerprint density at radius 3 is 2.60 bits per heavy atom. The van der Waals surface area contributed by atoms with E-state index in [-0.39, 0.29) is 0 Å². The first kappa shape index (κ1) is 10.7. The lowest BCUT2D eigenvalue weighted by molar-refractivity contribution is 0.245.